The molecule has 3 N–H and O–H groups in total. The van der Waals surface area contributed by atoms with E-state index in [1.54, 1.807) is 18.2 Å². The Morgan fingerprint density at radius 1 is 1.26 bits per heavy atom. The largest absolute Gasteiger partial charge is 0.429 e. The molecule has 0 spiro atoms. The fourth-order valence-corrected chi connectivity index (χ4v) is 2.55. The molecule has 1 atom stereocenters. The van der Waals surface area contributed by atoms with Crippen LogP contribution in [-0.4, -0.2) is 22.5 Å². The van der Waals surface area contributed by atoms with Crippen LogP contribution in [0.25, 0.3) is 11.1 Å². The number of amides is 1. The number of aliphatic hydroxyl groups is 1. The van der Waals surface area contributed by atoms with Gasteiger partial charge in [-0.05, 0) is 42.4 Å². The monoisotopic (exact) mass is 328 g/mol. The van der Waals surface area contributed by atoms with Crippen LogP contribution in [0, 0.1) is 4.84 Å². The minimum atomic E-state index is -0.596. The number of carbonyl (C=O) groups is 1. The summed E-state index contributed by atoms with van der Waals surface area (Å²) >= 11 is 4.92. The van der Waals surface area contributed by atoms with E-state index in [0.717, 1.165) is 11.1 Å². The number of nitrogens with one attached hydrogen (secondary N) is 2. The molecule has 0 unspecified atom stereocenters. The SMILES string of the molecule is O=C(NCC[C@@H](O)c1ccccc1)c1ccc2[nH]c(=S)oc2c1. The van der Waals surface area contributed by atoms with Gasteiger partial charge in [0.15, 0.2) is 5.58 Å². The Labute approximate surface area is 138 Å². The number of fused-ring (bicyclic) bond motifs is 1. The molecule has 0 saturated carbocycles. The van der Waals surface area contributed by atoms with Gasteiger partial charge in [-0.3, -0.25) is 4.79 Å². The molecule has 0 fully saturated rings. The highest BCUT2D eigenvalue weighted by atomic mass is 32.1. The van der Waals surface area contributed by atoms with E-state index in [4.69, 9.17) is 16.6 Å². The van der Waals surface area contributed by atoms with Crippen molar-refractivity contribution in [3.63, 3.8) is 0 Å². The first kappa shape index (κ1) is 15.5. The molecule has 2 aromatic carbocycles. The molecular formula is C17H16N2O3S. The van der Waals surface area contributed by atoms with Gasteiger partial charge in [0.25, 0.3) is 10.7 Å². The number of aromatic nitrogens is 1. The second-order valence-corrected chi connectivity index (χ2v) is 5.57. The van der Waals surface area contributed by atoms with Gasteiger partial charge in [-0.15, -0.1) is 0 Å². The molecule has 0 saturated heterocycles. The lowest BCUT2D eigenvalue weighted by molar-refractivity contribution is 0.0942. The molecular weight excluding hydrogens is 312 g/mol. The van der Waals surface area contributed by atoms with Crippen molar-refractivity contribution in [2.24, 2.45) is 0 Å². The van der Waals surface area contributed by atoms with Gasteiger partial charge in [-0.25, -0.2) is 0 Å². The predicted molar refractivity (Wildman–Crippen MR) is 89.8 cm³/mol. The molecule has 6 heteroatoms. The van der Waals surface area contributed by atoms with Gasteiger partial charge in [0.05, 0.1) is 11.6 Å². The summed E-state index contributed by atoms with van der Waals surface area (Å²) in [4.78, 5) is 15.3. The quantitative estimate of drug-likeness (QED) is 0.628. The van der Waals surface area contributed by atoms with Gasteiger partial charge in [-0.2, -0.15) is 0 Å². The molecule has 23 heavy (non-hydrogen) atoms. The fourth-order valence-electron chi connectivity index (χ4n) is 2.35. The third-order valence-electron chi connectivity index (χ3n) is 3.57. The summed E-state index contributed by atoms with van der Waals surface area (Å²) in [5.41, 5.74) is 2.63. The van der Waals surface area contributed by atoms with Crippen LogP contribution in [0.2, 0.25) is 0 Å². The van der Waals surface area contributed by atoms with Crippen LogP contribution in [0.5, 0.6) is 0 Å². The number of aromatic amines is 1. The van der Waals surface area contributed by atoms with Crippen molar-refractivity contribution < 1.29 is 14.3 Å². The minimum Gasteiger partial charge on any atom is -0.429 e. The lowest BCUT2D eigenvalue weighted by atomic mass is 10.1. The van der Waals surface area contributed by atoms with Gasteiger partial charge < -0.3 is 19.8 Å². The van der Waals surface area contributed by atoms with E-state index < -0.39 is 6.10 Å². The standard InChI is InChI=1S/C17H16N2O3S/c20-14(11-4-2-1-3-5-11)8-9-18-16(21)12-6-7-13-15(10-12)22-17(23)19-13/h1-7,10,14,20H,8-9H2,(H,18,21)(H,19,23)/t14-/m1/s1. The molecule has 118 valence electrons. The maximum Gasteiger partial charge on any atom is 0.266 e. The molecule has 0 aliphatic carbocycles. The molecule has 0 radical (unpaired) electrons. The highest BCUT2D eigenvalue weighted by Crippen LogP contribution is 2.17. The zero-order valence-electron chi connectivity index (χ0n) is 12.3. The maximum absolute atomic E-state index is 12.1. The predicted octanol–water partition coefficient (Wildman–Crippen LogP) is 3.34. The van der Waals surface area contributed by atoms with Gasteiger partial charge in [0.2, 0.25) is 0 Å². The number of hydrogen-bond acceptors (Lipinski definition) is 4. The Morgan fingerprint density at radius 2 is 2.04 bits per heavy atom. The summed E-state index contributed by atoms with van der Waals surface area (Å²) in [7, 11) is 0. The summed E-state index contributed by atoms with van der Waals surface area (Å²) in [6.45, 7) is 0.378. The summed E-state index contributed by atoms with van der Waals surface area (Å²) < 4.78 is 5.30. The van der Waals surface area contributed by atoms with E-state index in [9.17, 15) is 9.90 Å². The Kier molecular flexibility index (Phi) is 4.55. The van der Waals surface area contributed by atoms with E-state index in [2.05, 4.69) is 10.3 Å². The van der Waals surface area contributed by atoms with Crippen LogP contribution in [0.15, 0.2) is 52.9 Å². The Morgan fingerprint density at radius 3 is 2.83 bits per heavy atom. The van der Waals surface area contributed by atoms with Crippen LogP contribution in [-0.2, 0) is 0 Å². The summed E-state index contributed by atoms with van der Waals surface area (Å²) in [5.74, 6) is -0.213. The Hall–Kier alpha value is -2.44. The average Bonchev–Trinajstić information content (AvgIpc) is 2.94. The molecule has 0 bridgehead atoms. The average molecular weight is 328 g/mol. The third-order valence-corrected chi connectivity index (χ3v) is 3.76. The second kappa shape index (κ2) is 6.76. The zero-order valence-corrected chi connectivity index (χ0v) is 13.1. The van der Waals surface area contributed by atoms with Crippen LogP contribution >= 0.6 is 12.2 Å². The van der Waals surface area contributed by atoms with Crippen LogP contribution in [0.3, 0.4) is 0 Å². The molecule has 3 aromatic rings. The van der Waals surface area contributed by atoms with E-state index >= 15 is 0 Å². The van der Waals surface area contributed by atoms with E-state index in [1.165, 1.54) is 0 Å². The first-order chi connectivity index (χ1) is 11.1. The molecule has 0 aliphatic rings. The summed E-state index contributed by atoms with van der Waals surface area (Å²) in [6.07, 6.45) is -0.149. The molecule has 1 aromatic heterocycles. The Balaban J connectivity index is 1.59. The van der Waals surface area contributed by atoms with Gasteiger partial charge in [0.1, 0.15) is 0 Å². The van der Waals surface area contributed by atoms with Crippen molar-refractivity contribution in [2.75, 3.05) is 6.54 Å². The zero-order chi connectivity index (χ0) is 16.2. The van der Waals surface area contributed by atoms with Crippen molar-refractivity contribution in [1.29, 1.82) is 0 Å². The lowest BCUT2D eigenvalue weighted by Crippen LogP contribution is -2.25. The first-order valence-corrected chi connectivity index (χ1v) is 7.68. The van der Waals surface area contributed by atoms with Crippen molar-refractivity contribution in [2.45, 2.75) is 12.5 Å². The number of aliphatic hydroxyl groups excluding tert-OH is 1. The number of carbonyl (C=O) groups excluding carboxylic acids is 1. The number of benzene rings is 2. The van der Waals surface area contributed by atoms with Gasteiger partial charge >= 0.3 is 0 Å². The lowest BCUT2D eigenvalue weighted by Gasteiger charge is -2.11. The normalized spacial score (nSPS) is 12.2. The molecule has 0 aliphatic heterocycles. The maximum atomic E-state index is 12.1. The minimum absolute atomic E-state index is 0.213. The van der Waals surface area contributed by atoms with E-state index in [0.29, 0.717) is 24.1 Å². The number of hydrogen-bond donors (Lipinski definition) is 3. The van der Waals surface area contributed by atoms with E-state index in [-0.39, 0.29) is 10.7 Å². The molecule has 5 nitrogen and oxygen atoms in total. The van der Waals surface area contributed by atoms with Gasteiger partial charge in [0, 0.05) is 12.1 Å². The van der Waals surface area contributed by atoms with Crippen molar-refractivity contribution in [3.8, 4) is 0 Å². The smallest absolute Gasteiger partial charge is 0.266 e. The van der Waals surface area contributed by atoms with Crippen LogP contribution in [0.4, 0.5) is 0 Å². The highest BCUT2D eigenvalue weighted by Gasteiger charge is 2.10. The van der Waals surface area contributed by atoms with Crippen LogP contribution in [0.1, 0.15) is 28.4 Å². The topological polar surface area (TPSA) is 78.3 Å². The number of H-pyrrole nitrogens is 1. The number of rotatable bonds is 5. The highest BCUT2D eigenvalue weighted by molar-refractivity contribution is 7.71. The second-order valence-electron chi connectivity index (χ2n) is 5.20. The Bertz CT molecular complexity index is 870. The fraction of sp³-hybridized carbons (Fsp3) is 0.176. The summed E-state index contributed by atoms with van der Waals surface area (Å²) in [5, 5.41) is 12.9. The molecule has 3 rings (SSSR count). The molecule has 1 heterocycles. The first-order valence-electron chi connectivity index (χ1n) is 7.27. The number of oxazole rings is 1. The molecule has 1 amide bonds. The third kappa shape index (κ3) is 3.67. The van der Waals surface area contributed by atoms with Crippen LogP contribution < -0.4 is 5.32 Å². The van der Waals surface area contributed by atoms with Crippen molar-refractivity contribution in [3.05, 3.63) is 64.5 Å². The summed E-state index contributed by atoms with van der Waals surface area (Å²) in [6, 6.07) is 14.5. The van der Waals surface area contributed by atoms with E-state index in [1.807, 2.05) is 30.3 Å². The van der Waals surface area contributed by atoms with Gasteiger partial charge in [-0.1, -0.05) is 30.3 Å². The van der Waals surface area contributed by atoms with Crippen molar-refractivity contribution in [1.82, 2.24) is 10.3 Å². The van der Waals surface area contributed by atoms with Crippen molar-refractivity contribution >= 4 is 29.2 Å².